The molecular formula is C10H10ClNO2. The van der Waals surface area contributed by atoms with Crippen molar-refractivity contribution in [1.82, 2.24) is 5.32 Å². The van der Waals surface area contributed by atoms with Crippen LogP contribution < -0.4 is 5.32 Å². The van der Waals surface area contributed by atoms with E-state index in [1.807, 2.05) is 0 Å². The molecule has 14 heavy (non-hydrogen) atoms. The number of hydrogen-bond acceptors (Lipinski definition) is 2. The first-order valence-electron chi connectivity index (χ1n) is 4.02. The number of amides is 1. The molecule has 3 nitrogen and oxygen atoms in total. The van der Waals surface area contributed by atoms with Crippen molar-refractivity contribution < 1.29 is 9.90 Å². The minimum absolute atomic E-state index is 0.0871. The molecule has 2 N–H and O–H groups in total. The SMILES string of the molecule is C=CCNC(=O)c1cc(Cl)ccc1O. The molecule has 0 aliphatic rings. The van der Waals surface area contributed by atoms with Gasteiger partial charge in [0, 0.05) is 11.6 Å². The van der Waals surface area contributed by atoms with Crippen LogP contribution in [-0.2, 0) is 0 Å². The summed E-state index contributed by atoms with van der Waals surface area (Å²) in [4.78, 5) is 11.4. The first-order chi connectivity index (χ1) is 6.65. The highest BCUT2D eigenvalue weighted by atomic mass is 35.5. The minimum Gasteiger partial charge on any atom is -0.507 e. The van der Waals surface area contributed by atoms with E-state index < -0.39 is 0 Å². The van der Waals surface area contributed by atoms with Crippen molar-refractivity contribution in [2.45, 2.75) is 0 Å². The molecule has 0 aliphatic heterocycles. The Morgan fingerprint density at radius 2 is 2.36 bits per heavy atom. The quantitative estimate of drug-likeness (QED) is 0.751. The van der Waals surface area contributed by atoms with Crippen molar-refractivity contribution in [3.05, 3.63) is 41.4 Å². The zero-order chi connectivity index (χ0) is 10.6. The molecular weight excluding hydrogens is 202 g/mol. The molecule has 0 aliphatic carbocycles. The van der Waals surface area contributed by atoms with Gasteiger partial charge < -0.3 is 10.4 Å². The Morgan fingerprint density at radius 3 is 3.00 bits per heavy atom. The number of rotatable bonds is 3. The molecule has 0 bridgehead atoms. The van der Waals surface area contributed by atoms with Crippen LogP contribution in [0.3, 0.4) is 0 Å². The van der Waals surface area contributed by atoms with Crippen molar-refractivity contribution in [2.24, 2.45) is 0 Å². The molecule has 0 fully saturated rings. The first-order valence-corrected chi connectivity index (χ1v) is 4.40. The van der Waals surface area contributed by atoms with Gasteiger partial charge in [-0.1, -0.05) is 17.7 Å². The lowest BCUT2D eigenvalue weighted by Crippen LogP contribution is -2.23. The van der Waals surface area contributed by atoms with E-state index in [0.29, 0.717) is 11.6 Å². The first kappa shape index (κ1) is 10.6. The summed E-state index contributed by atoms with van der Waals surface area (Å²) in [5.74, 6) is -0.458. The van der Waals surface area contributed by atoms with Gasteiger partial charge in [-0.2, -0.15) is 0 Å². The summed E-state index contributed by atoms with van der Waals surface area (Å²) in [7, 11) is 0. The van der Waals surface area contributed by atoms with Crippen molar-refractivity contribution >= 4 is 17.5 Å². The molecule has 74 valence electrons. The molecule has 0 saturated carbocycles. The van der Waals surface area contributed by atoms with Crippen LogP contribution in [0.2, 0.25) is 5.02 Å². The predicted octanol–water partition coefficient (Wildman–Crippen LogP) is 1.96. The van der Waals surface area contributed by atoms with E-state index in [0.717, 1.165) is 0 Å². The third-order valence-corrected chi connectivity index (χ3v) is 1.85. The Kier molecular flexibility index (Phi) is 3.54. The lowest BCUT2D eigenvalue weighted by molar-refractivity contribution is 0.0955. The van der Waals surface area contributed by atoms with E-state index in [4.69, 9.17) is 11.6 Å². The fourth-order valence-electron chi connectivity index (χ4n) is 0.950. The molecule has 0 radical (unpaired) electrons. The van der Waals surface area contributed by atoms with E-state index in [9.17, 15) is 9.90 Å². The molecule has 0 aromatic heterocycles. The molecule has 1 amide bonds. The van der Waals surface area contributed by atoms with Crippen molar-refractivity contribution in [1.29, 1.82) is 0 Å². The minimum atomic E-state index is -0.370. The Hall–Kier alpha value is -1.48. The van der Waals surface area contributed by atoms with Crippen LogP contribution in [0.25, 0.3) is 0 Å². The van der Waals surface area contributed by atoms with E-state index in [2.05, 4.69) is 11.9 Å². The van der Waals surface area contributed by atoms with Crippen LogP contribution >= 0.6 is 11.6 Å². The highest BCUT2D eigenvalue weighted by molar-refractivity contribution is 6.31. The summed E-state index contributed by atoms with van der Waals surface area (Å²) in [5.41, 5.74) is 0.166. The summed E-state index contributed by atoms with van der Waals surface area (Å²) in [6.45, 7) is 3.81. The van der Waals surface area contributed by atoms with Crippen LogP contribution in [-0.4, -0.2) is 17.6 Å². The lowest BCUT2D eigenvalue weighted by atomic mass is 10.2. The van der Waals surface area contributed by atoms with E-state index >= 15 is 0 Å². The monoisotopic (exact) mass is 211 g/mol. The zero-order valence-corrected chi connectivity index (χ0v) is 8.21. The van der Waals surface area contributed by atoms with Crippen molar-refractivity contribution in [2.75, 3.05) is 6.54 Å². The summed E-state index contributed by atoms with van der Waals surface area (Å²) >= 11 is 5.68. The van der Waals surface area contributed by atoms with Gasteiger partial charge in [-0.25, -0.2) is 0 Å². The topological polar surface area (TPSA) is 49.3 Å². The number of hydrogen-bond donors (Lipinski definition) is 2. The Labute approximate surface area is 87.0 Å². The second-order valence-electron chi connectivity index (χ2n) is 2.66. The predicted molar refractivity (Wildman–Crippen MR) is 55.6 cm³/mol. The number of phenolic OH excluding ortho intramolecular Hbond substituents is 1. The van der Waals surface area contributed by atoms with Crippen LogP contribution in [0.15, 0.2) is 30.9 Å². The fraction of sp³-hybridized carbons (Fsp3) is 0.100. The maximum atomic E-state index is 11.4. The van der Waals surface area contributed by atoms with Crippen LogP contribution in [0.4, 0.5) is 0 Å². The smallest absolute Gasteiger partial charge is 0.255 e. The summed E-state index contributed by atoms with van der Waals surface area (Å²) in [6.07, 6.45) is 1.56. The van der Waals surface area contributed by atoms with E-state index in [1.54, 1.807) is 6.08 Å². The van der Waals surface area contributed by atoms with Crippen LogP contribution in [0.1, 0.15) is 10.4 Å². The third-order valence-electron chi connectivity index (χ3n) is 1.61. The normalized spacial score (nSPS) is 9.50. The number of halogens is 1. The third kappa shape index (κ3) is 2.50. The number of aromatic hydroxyl groups is 1. The van der Waals surface area contributed by atoms with Gasteiger partial charge in [0.05, 0.1) is 5.56 Å². The largest absolute Gasteiger partial charge is 0.507 e. The van der Waals surface area contributed by atoms with Gasteiger partial charge in [0.2, 0.25) is 0 Å². The Bertz CT molecular complexity index is 363. The number of carbonyl (C=O) groups is 1. The highest BCUT2D eigenvalue weighted by Gasteiger charge is 2.09. The van der Waals surface area contributed by atoms with Gasteiger partial charge in [-0.05, 0) is 18.2 Å². The Morgan fingerprint density at radius 1 is 1.64 bits per heavy atom. The molecule has 0 heterocycles. The summed E-state index contributed by atoms with van der Waals surface area (Å²) in [5, 5.41) is 12.3. The molecule has 0 unspecified atom stereocenters. The summed E-state index contributed by atoms with van der Waals surface area (Å²) < 4.78 is 0. The number of carbonyl (C=O) groups excluding carboxylic acids is 1. The maximum absolute atomic E-state index is 11.4. The lowest BCUT2D eigenvalue weighted by Gasteiger charge is -2.04. The summed E-state index contributed by atoms with van der Waals surface area (Å²) in [6, 6.07) is 4.31. The molecule has 1 rings (SSSR count). The second-order valence-corrected chi connectivity index (χ2v) is 3.10. The number of nitrogens with one attached hydrogen (secondary N) is 1. The van der Waals surface area contributed by atoms with E-state index in [1.165, 1.54) is 18.2 Å². The molecule has 1 aromatic rings. The van der Waals surface area contributed by atoms with Crippen LogP contribution in [0, 0.1) is 0 Å². The second kappa shape index (κ2) is 4.67. The van der Waals surface area contributed by atoms with Crippen LogP contribution in [0.5, 0.6) is 5.75 Å². The van der Waals surface area contributed by atoms with Gasteiger partial charge in [-0.15, -0.1) is 6.58 Å². The van der Waals surface area contributed by atoms with Gasteiger partial charge in [0.1, 0.15) is 5.75 Å². The van der Waals surface area contributed by atoms with Gasteiger partial charge in [0.15, 0.2) is 0 Å². The highest BCUT2D eigenvalue weighted by Crippen LogP contribution is 2.20. The van der Waals surface area contributed by atoms with Crippen molar-refractivity contribution in [3.63, 3.8) is 0 Å². The van der Waals surface area contributed by atoms with Gasteiger partial charge >= 0.3 is 0 Å². The molecule has 1 aromatic carbocycles. The fourth-order valence-corrected chi connectivity index (χ4v) is 1.12. The molecule has 0 spiro atoms. The number of phenols is 1. The zero-order valence-electron chi connectivity index (χ0n) is 7.46. The van der Waals surface area contributed by atoms with Crippen molar-refractivity contribution in [3.8, 4) is 5.75 Å². The number of benzene rings is 1. The molecule has 0 saturated heterocycles. The van der Waals surface area contributed by atoms with E-state index in [-0.39, 0.29) is 17.2 Å². The molecule has 0 atom stereocenters. The average molecular weight is 212 g/mol. The standard InChI is InChI=1S/C10H10ClNO2/c1-2-5-12-10(14)8-6-7(11)3-4-9(8)13/h2-4,6,13H,1,5H2,(H,12,14). The van der Waals surface area contributed by atoms with Gasteiger partial charge in [-0.3, -0.25) is 4.79 Å². The average Bonchev–Trinajstić information content (AvgIpc) is 2.18. The molecule has 4 heteroatoms. The maximum Gasteiger partial charge on any atom is 0.255 e. The Balaban J connectivity index is 2.88. The van der Waals surface area contributed by atoms with Gasteiger partial charge in [0.25, 0.3) is 5.91 Å².